The molecule has 0 bridgehead atoms. The first-order valence-electron chi connectivity index (χ1n) is 36.0. The number of hydrogen-bond acceptors (Lipinski definition) is 0. The molecule has 0 amide bonds. The highest BCUT2D eigenvalue weighted by molar-refractivity contribution is 2.59. The lowest BCUT2D eigenvalue weighted by molar-refractivity contribution is 2.50. The van der Waals surface area contributed by atoms with E-state index in [2.05, 4.69) is 0 Å². The molecule has 0 aliphatic carbocycles. The van der Waals surface area contributed by atoms with Gasteiger partial charge in [-0.25, -0.2) is 0 Å². The van der Waals surface area contributed by atoms with Gasteiger partial charge in [-0.1, -0.05) is 631 Å². The van der Waals surface area contributed by atoms with Gasteiger partial charge in [0, 0.05) is 115 Å². The lowest BCUT2D eigenvalue weighted by atomic mass is 12.0. The van der Waals surface area contributed by atoms with E-state index in [4.69, 9.17) is 107 Å². The van der Waals surface area contributed by atoms with E-state index >= 15 is 0 Å². The lowest BCUT2D eigenvalue weighted by Gasteiger charge is -0.0786. The first kappa shape index (κ1) is 463. The summed E-state index contributed by atoms with van der Waals surface area (Å²) in [5.41, 5.74) is 0. The Morgan fingerprint density at radius 3 is 0.0353 bits per heavy atom. The summed E-state index contributed by atoms with van der Waals surface area (Å²) in [6, 6.07) is 0. The molecule has 0 rings (SSSR count). The Bertz CT molecular complexity index is 163. The summed E-state index contributed by atoms with van der Waals surface area (Å²) in [7, 11) is 0. The Kier molecular flexibility index (Phi) is 0. The van der Waals surface area contributed by atoms with Crippen LogP contribution in [-0.2, 0) is 0 Å². The molecule has 0 nitrogen and oxygen atoms in total. The van der Waals surface area contributed by atoms with Crippen LogP contribution < -0.4 is 0 Å². The fourth-order valence-corrected chi connectivity index (χ4v) is 0. The summed E-state index contributed by atoms with van der Waals surface area (Å²) in [4.78, 5) is 0. The average Bonchev–Trinajstić information content (AvgIpc) is 3.63. The number of hydrogen-bond donors (Lipinski definition) is 0. The summed E-state index contributed by atoms with van der Waals surface area (Å²) >= 11 is 0. The van der Waals surface area contributed by atoms with Crippen LogP contribution in [0.25, 0.3) is 0 Å². The van der Waals surface area contributed by atoms with Crippen LogP contribution in [0.4, 0.5) is 0 Å². The molecule has 0 unspecified atom stereocenters. The summed E-state index contributed by atoms with van der Waals surface area (Å²) in [6.07, 6.45) is 0. The van der Waals surface area contributed by atoms with E-state index in [0.717, 1.165) is 0 Å². The van der Waals surface area contributed by atoms with Gasteiger partial charge in [0.15, 0.2) is 0 Å². The van der Waals surface area contributed by atoms with E-state index in [1.165, 1.54) is 0 Å². The van der Waals surface area contributed by atoms with Crippen LogP contribution in [-0.4, -0.2) is 0 Å². The average molecular weight is 1530 g/mol. The van der Waals surface area contributed by atoms with Crippen molar-refractivity contribution in [2.24, 2.45) is 0 Å². The maximum Gasteiger partial charge on any atom is 0 e. The van der Waals surface area contributed by atoms with Crippen LogP contribution in [0, 0.1) is 0 Å². The molecule has 0 saturated heterocycles. The zero-order valence-electron chi connectivity index (χ0n) is 72.0. The highest BCUT2D eigenvalue weighted by Crippen LogP contribution is 0.228. The molecule has 0 aliphatic rings. The van der Waals surface area contributed by atoms with Crippen LogP contribution in [0.2, 0.25) is 0 Å². The molecule has 0 aromatic rings. The molecule has 0 aromatic carbocycles. The van der Waals surface area contributed by atoms with Gasteiger partial charge in [-0.3, -0.25) is 0 Å². The Balaban J connectivity index is -0.000000000644. The van der Waals surface area contributed by atoms with E-state index in [1.54, 1.807) is 0 Å². The predicted molar refractivity (Wildman–Crippen MR) is 661 cm³/mol. The first-order chi connectivity index (χ1) is 36.0. The molecule has 0 heterocycles. The van der Waals surface area contributed by atoms with Crippen LogP contribution in [0.1, 0.15) is 747 Å². The quantitative estimate of drug-likeness (QED) is 0.227. The molecule has 0 aromatic heterocycles. The molecule has 0 heteroatoms. The standard InChI is InChI=1S/85CH4.42H2/h85*1H4;42*1H/i;;;;;;;;;;;;;;;;;;;;;;;;;;;;;;;;;;;;;;;;;;;;;;;;;;;;;;;;;;;;;;;;;;;;;;;;;;;;;;;;;;;;;36*1+1D;6*1+1. The third kappa shape index (κ3) is 0. The van der Waals surface area contributed by atoms with Crippen LogP contribution >= 0.6 is 0 Å². The van der Waals surface area contributed by atoms with E-state index < -0.39 is 0 Å². The van der Waals surface area contributed by atoms with Gasteiger partial charge in [0.1, 0.15) is 0 Å². The summed E-state index contributed by atoms with van der Waals surface area (Å²) in [6.45, 7) is 0. The Morgan fingerprint density at radius 1 is 0.0353 bits per heavy atom. The van der Waals surface area contributed by atoms with E-state index in [1.807, 2.05) is 0 Å². The topological polar surface area (TPSA) is 0 Å². The Morgan fingerprint density at radius 2 is 0.0353 bits per heavy atom. The highest BCUT2D eigenvalue weighted by atomic mass is 12.1. The van der Waals surface area contributed by atoms with E-state index in [-0.39, 0.29) is 640 Å². The van der Waals surface area contributed by atoms with Crippen molar-refractivity contribution in [3.05, 3.63) is 0 Å². The molecule has 0 atom stereocenters. The zero-order chi connectivity index (χ0) is 72.0. The highest BCUT2D eigenvalue weighted by Gasteiger charge is 0.00644. The Hall–Kier alpha value is 0. The third-order valence-electron chi connectivity index (χ3n) is 0. The molecule has 0 saturated carbocycles. The van der Waals surface area contributed by atoms with Gasteiger partial charge >= 0.3 is 0 Å². The van der Waals surface area contributed by atoms with Gasteiger partial charge in [0.25, 0.3) is 0 Å². The van der Waals surface area contributed by atoms with Gasteiger partial charge < -0.3 is 0 Å². The molecule has 0 N–H and O–H groups in total. The van der Waals surface area contributed by atoms with Crippen molar-refractivity contribution < 1.29 is 115 Å². The fourth-order valence-electron chi connectivity index (χ4n) is 0. The molecule has 0 fully saturated rings. The summed E-state index contributed by atoms with van der Waals surface area (Å²) in [5.74, 6) is 0. The summed E-state index contributed by atoms with van der Waals surface area (Å²) in [5, 5.41) is 0. The minimum absolute atomic E-state index is 0. The summed E-state index contributed by atoms with van der Waals surface area (Å²) < 4.78 is 360. The minimum Gasteiger partial charge on any atom is -0.0776 e. The van der Waals surface area contributed by atoms with Crippen molar-refractivity contribution in [1.82, 2.24) is 0 Å². The smallest absolute Gasteiger partial charge is 0 e. The van der Waals surface area contributed by atoms with Crippen molar-refractivity contribution in [2.75, 3.05) is 0 Å². The molecular weight excluding hydrogens is 1020 g/mol. The predicted octanol–water partition coefficient (Wildman–Crippen LogP) is 64.4. The largest absolute Gasteiger partial charge is 0.0776 e. The van der Waals surface area contributed by atoms with Gasteiger partial charge in [-0.05, 0) is 0 Å². The second-order valence-electron chi connectivity index (χ2n) is 0. The third-order valence-corrected chi connectivity index (χ3v) is 0. The van der Waals surface area contributed by atoms with Gasteiger partial charge in [-0.2, -0.15) is 0 Å². The molecule has 764 valence electrons. The maximum atomic E-state index is 5.00. The van der Waals surface area contributed by atoms with Crippen LogP contribution in [0.5, 0.6) is 0 Å². The molecule has 0 aliphatic heterocycles. The molecule has 0 radical (unpaired) electrons. The van der Waals surface area contributed by atoms with Gasteiger partial charge in [0.2, 0.25) is 0 Å². The normalized spacial score (nSPS) is 3.39. The second-order valence-corrected chi connectivity index (χ2v) is 0. The van der Waals surface area contributed by atoms with Crippen LogP contribution in [0.3, 0.4) is 0 Å². The molecular formula is C85H424. The van der Waals surface area contributed by atoms with Gasteiger partial charge in [0.05, 0.1) is 0 Å². The van der Waals surface area contributed by atoms with E-state index in [9.17, 15) is 0 Å². The maximum absolute atomic E-state index is 5.00. The second kappa shape index (κ2) is 0. The van der Waals surface area contributed by atoms with Crippen molar-refractivity contribution in [3.8, 4) is 0 Å². The van der Waals surface area contributed by atoms with Gasteiger partial charge in [-0.15, -0.1) is 0 Å². The zero-order valence-corrected chi connectivity index (χ0v) is 0. The van der Waals surface area contributed by atoms with Crippen molar-refractivity contribution >= 4 is 0 Å². The van der Waals surface area contributed by atoms with Crippen molar-refractivity contribution in [2.45, 2.75) is 631 Å². The Labute approximate surface area is 748 Å². The van der Waals surface area contributed by atoms with Crippen molar-refractivity contribution in [1.29, 1.82) is 0 Å². The van der Waals surface area contributed by atoms with Crippen molar-refractivity contribution in [3.63, 3.8) is 0 Å². The molecule has 85 heavy (non-hydrogen) atoms. The fraction of sp³-hybridized carbons (Fsp3) is 1.00. The first-order valence-corrected chi connectivity index (χ1v) is 0. The number of rotatable bonds is 0. The lowest BCUT2D eigenvalue weighted by Crippen LogP contribution is 0.143. The SMILES string of the molecule is C.C.C.C.C.C.C.C.C.C.C.C.C.C.C.C.C.C.C.C.C.C.C.C.C.C.C.C.C.C.C.C.C.C.C.C.C.C.C.C.C.C.C.C.C.C.C.C.C.C.C.C.C.C.C.C.C.C.C.C.C.C.C.C.C.C.C.C.C.C.C.C.C.C.C.C.C.C.C.C.C.C.C.C.C.[2HH].[2HH].[2HH].[2HH].[2HH].[2HH].[2H][2H].[2H][2H].[2H][2H].[2H][2H].[2H][2H].[2H][2H].[2H][2H].[2H][2H].[2H][2H].[2H][2H].[2H][2H].[2H][2H].[2H][2H].[2H][2H].[2H][2H].[2H][2H].[2H][2H].[2H][2H].[2H][2H].[2H][2H].[2H][2H].[2H][2H].[2H][2H].[2H][2H].[2H][2H].[2H][2H].[2H][2H].[2H][2H].[2H][2H].[2H][2H].[2H][2H].[2H][2H].[2H][2H].[2H][2H].[2H][2H].[2H][2H]. The monoisotopic (exact) mass is 1530 g/mol. The molecule has 0 spiro atoms. The van der Waals surface area contributed by atoms with Crippen LogP contribution in [0.15, 0.2) is 0 Å². The minimum atomic E-state index is 0. The van der Waals surface area contributed by atoms with E-state index in [0.29, 0.717) is 0 Å².